The molecule has 0 aromatic heterocycles. The molecule has 1 aromatic carbocycles. The Hall–Kier alpha value is -2.57. The summed E-state index contributed by atoms with van der Waals surface area (Å²) in [6.45, 7) is 3.72. The number of carbonyl (C=O) groups excluding carboxylic acids is 2. The Morgan fingerprint density at radius 3 is 2.75 bits per heavy atom. The minimum Gasteiger partial charge on any atom is -0.481 e. The number of nitrogens with zero attached hydrogens (tertiary/aromatic N) is 2. The summed E-state index contributed by atoms with van der Waals surface area (Å²) in [5, 5.41) is 9.28. The first-order chi connectivity index (χ1) is 11.3. The van der Waals surface area contributed by atoms with Crippen LogP contribution in [-0.2, 0) is 14.4 Å². The lowest BCUT2D eigenvalue weighted by atomic mass is 9.90. The maximum Gasteiger partial charge on any atom is 0.311 e. The van der Waals surface area contributed by atoms with Crippen LogP contribution in [0.2, 0.25) is 0 Å². The van der Waals surface area contributed by atoms with E-state index in [-0.39, 0.29) is 24.9 Å². The quantitative estimate of drug-likeness (QED) is 0.896. The molecule has 0 spiro atoms. The van der Waals surface area contributed by atoms with Crippen molar-refractivity contribution in [3.63, 3.8) is 0 Å². The molecule has 1 N–H and O–H groups in total. The van der Waals surface area contributed by atoms with Crippen molar-refractivity contribution in [1.82, 2.24) is 4.90 Å². The van der Waals surface area contributed by atoms with Crippen molar-refractivity contribution in [1.29, 1.82) is 0 Å². The zero-order chi connectivity index (χ0) is 17.5. The number of hydrogen-bond acceptors (Lipinski definition) is 4. The van der Waals surface area contributed by atoms with Gasteiger partial charge in [0, 0.05) is 13.1 Å². The van der Waals surface area contributed by atoms with Crippen LogP contribution in [0.25, 0.3) is 0 Å². The number of aliphatic carboxylic acids is 1. The molecule has 0 saturated carbocycles. The number of para-hydroxylation sites is 2. The highest BCUT2D eigenvalue weighted by molar-refractivity contribution is 6.03. The molecule has 0 aliphatic carbocycles. The number of carboxylic acid groups (broad SMARTS) is 1. The van der Waals surface area contributed by atoms with Crippen molar-refractivity contribution in [2.45, 2.75) is 26.4 Å². The van der Waals surface area contributed by atoms with Crippen LogP contribution < -0.4 is 9.64 Å². The van der Waals surface area contributed by atoms with E-state index in [1.807, 2.05) is 0 Å². The zero-order valence-electron chi connectivity index (χ0n) is 13.7. The third-order valence-corrected chi connectivity index (χ3v) is 4.71. The van der Waals surface area contributed by atoms with Crippen LogP contribution >= 0.6 is 0 Å². The van der Waals surface area contributed by atoms with Crippen LogP contribution in [0, 0.1) is 5.41 Å². The minimum atomic E-state index is -0.921. The molecular weight excluding hydrogens is 312 g/mol. The van der Waals surface area contributed by atoms with Crippen LogP contribution in [-0.4, -0.2) is 53.5 Å². The van der Waals surface area contributed by atoms with E-state index in [1.54, 1.807) is 38.1 Å². The van der Waals surface area contributed by atoms with Gasteiger partial charge in [0.05, 0.1) is 11.1 Å². The highest BCUT2D eigenvalue weighted by atomic mass is 16.5. The van der Waals surface area contributed by atoms with E-state index in [0.717, 1.165) is 0 Å². The molecule has 7 nitrogen and oxygen atoms in total. The number of carboxylic acids is 1. The van der Waals surface area contributed by atoms with Crippen molar-refractivity contribution < 1.29 is 24.2 Å². The highest BCUT2D eigenvalue weighted by Gasteiger charge is 2.43. The summed E-state index contributed by atoms with van der Waals surface area (Å²) >= 11 is 0. The van der Waals surface area contributed by atoms with Crippen LogP contribution in [0.4, 0.5) is 5.69 Å². The van der Waals surface area contributed by atoms with E-state index in [2.05, 4.69) is 0 Å². The van der Waals surface area contributed by atoms with E-state index >= 15 is 0 Å². The van der Waals surface area contributed by atoms with Crippen LogP contribution in [0.1, 0.15) is 20.3 Å². The first-order valence-electron chi connectivity index (χ1n) is 7.90. The fourth-order valence-corrected chi connectivity index (χ4v) is 3.11. The maximum atomic E-state index is 12.6. The molecule has 2 aliphatic rings. The number of carbonyl (C=O) groups is 3. The second kappa shape index (κ2) is 5.81. The fraction of sp³-hybridized carbons (Fsp3) is 0.471. The average molecular weight is 332 g/mol. The summed E-state index contributed by atoms with van der Waals surface area (Å²) in [5.41, 5.74) is -0.357. The largest absolute Gasteiger partial charge is 0.481 e. The number of fused-ring (bicyclic) bond motifs is 1. The lowest BCUT2D eigenvalue weighted by Gasteiger charge is -2.33. The monoisotopic (exact) mass is 332 g/mol. The summed E-state index contributed by atoms with van der Waals surface area (Å²) in [4.78, 5) is 39.3. The summed E-state index contributed by atoms with van der Waals surface area (Å²) < 4.78 is 5.55. The Kier molecular flexibility index (Phi) is 3.95. The van der Waals surface area contributed by atoms with Crippen molar-refractivity contribution in [2.24, 2.45) is 5.41 Å². The van der Waals surface area contributed by atoms with E-state index in [4.69, 9.17) is 4.74 Å². The lowest BCUT2D eigenvalue weighted by molar-refractivity contribution is -0.147. The Morgan fingerprint density at radius 1 is 1.38 bits per heavy atom. The van der Waals surface area contributed by atoms with E-state index in [9.17, 15) is 19.5 Å². The van der Waals surface area contributed by atoms with Gasteiger partial charge >= 0.3 is 5.97 Å². The smallest absolute Gasteiger partial charge is 0.311 e. The molecule has 2 amide bonds. The Morgan fingerprint density at radius 2 is 2.08 bits per heavy atom. The van der Waals surface area contributed by atoms with Gasteiger partial charge in [-0.15, -0.1) is 0 Å². The molecule has 0 radical (unpaired) electrons. The van der Waals surface area contributed by atoms with Gasteiger partial charge in [0.1, 0.15) is 12.3 Å². The number of rotatable bonds is 3. The van der Waals surface area contributed by atoms with Crippen molar-refractivity contribution >= 4 is 23.5 Å². The topological polar surface area (TPSA) is 87.2 Å². The number of anilines is 1. The number of ether oxygens (including phenoxy) is 1. The van der Waals surface area contributed by atoms with Gasteiger partial charge in [-0.05, 0) is 32.4 Å². The summed E-state index contributed by atoms with van der Waals surface area (Å²) in [7, 11) is 0. The molecule has 2 aliphatic heterocycles. The van der Waals surface area contributed by atoms with Crippen molar-refractivity contribution in [2.75, 3.05) is 24.5 Å². The molecule has 3 rings (SSSR count). The molecule has 24 heavy (non-hydrogen) atoms. The normalized spacial score (nSPS) is 26.1. The average Bonchev–Trinajstić information content (AvgIpc) is 2.96. The van der Waals surface area contributed by atoms with Gasteiger partial charge in [0.2, 0.25) is 5.91 Å². The predicted octanol–water partition coefficient (Wildman–Crippen LogP) is 1.12. The maximum absolute atomic E-state index is 12.6. The molecule has 1 fully saturated rings. The van der Waals surface area contributed by atoms with Gasteiger partial charge in [-0.3, -0.25) is 19.3 Å². The van der Waals surface area contributed by atoms with Crippen molar-refractivity contribution in [3.05, 3.63) is 24.3 Å². The van der Waals surface area contributed by atoms with Crippen LogP contribution in [0.5, 0.6) is 5.75 Å². The van der Waals surface area contributed by atoms with Gasteiger partial charge in [-0.2, -0.15) is 0 Å². The highest BCUT2D eigenvalue weighted by Crippen LogP contribution is 2.34. The molecule has 0 bridgehead atoms. The SMILES string of the molecule is C[C@H]1Oc2ccccc2N(CC(=O)N2CC[C@](C)(C(=O)O)C2)C1=O. The van der Waals surface area contributed by atoms with E-state index in [1.165, 1.54) is 9.80 Å². The van der Waals surface area contributed by atoms with Crippen LogP contribution in [0.15, 0.2) is 24.3 Å². The molecule has 7 heteroatoms. The van der Waals surface area contributed by atoms with Crippen molar-refractivity contribution in [3.8, 4) is 5.75 Å². The second-order valence-electron chi connectivity index (χ2n) is 6.58. The lowest BCUT2D eigenvalue weighted by Crippen LogP contribution is -2.49. The molecule has 128 valence electrons. The minimum absolute atomic E-state index is 0.112. The summed E-state index contributed by atoms with van der Waals surface area (Å²) in [5.74, 6) is -0.868. The molecule has 2 atom stereocenters. The number of amides is 2. The Balaban J connectivity index is 1.77. The predicted molar refractivity (Wildman–Crippen MR) is 85.8 cm³/mol. The number of hydrogen-bond donors (Lipinski definition) is 1. The second-order valence-corrected chi connectivity index (χ2v) is 6.58. The number of benzene rings is 1. The summed E-state index contributed by atoms with van der Waals surface area (Å²) in [6.07, 6.45) is -0.242. The first-order valence-corrected chi connectivity index (χ1v) is 7.90. The van der Waals surface area contributed by atoms with Crippen LogP contribution in [0.3, 0.4) is 0 Å². The van der Waals surface area contributed by atoms with Gasteiger partial charge in [-0.1, -0.05) is 12.1 Å². The van der Waals surface area contributed by atoms with E-state index < -0.39 is 17.5 Å². The summed E-state index contributed by atoms with van der Waals surface area (Å²) in [6, 6.07) is 7.07. The van der Waals surface area contributed by atoms with Gasteiger partial charge in [-0.25, -0.2) is 0 Å². The molecule has 0 unspecified atom stereocenters. The third-order valence-electron chi connectivity index (χ3n) is 4.71. The van der Waals surface area contributed by atoms with Gasteiger partial charge in [0.25, 0.3) is 5.91 Å². The fourth-order valence-electron chi connectivity index (χ4n) is 3.11. The zero-order valence-corrected chi connectivity index (χ0v) is 13.7. The first kappa shape index (κ1) is 16.3. The molecule has 2 heterocycles. The third kappa shape index (κ3) is 2.70. The van der Waals surface area contributed by atoms with Gasteiger partial charge < -0.3 is 14.7 Å². The molecule has 1 aromatic rings. The Bertz CT molecular complexity index is 704. The molecule has 1 saturated heterocycles. The number of likely N-dealkylation sites (tertiary alicyclic amines) is 1. The van der Waals surface area contributed by atoms with Gasteiger partial charge in [0.15, 0.2) is 6.10 Å². The van der Waals surface area contributed by atoms with E-state index in [0.29, 0.717) is 24.4 Å². The standard InChI is InChI=1S/C17H20N2O5/c1-11-15(21)19(12-5-3-4-6-13(12)24-11)9-14(20)18-8-7-17(2,10-18)16(22)23/h3-6,11H,7-10H2,1-2H3,(H,22,23)/t11-,17+/m1/s1. The Labute approximate surface area is 139 Å². The molecular formula is C17H20N2O5.